The molecule has 0 radical (unpaired) electrons. The maximum atomic E-state index is 12.4. The monoisotopic (exact) mass is 352 g/mol. The zero-order valence-electron chi connectivity index (χ0n) is 12.1. The number of halogens is 1. The van der Waals surface area contributed by atoms with E-state index in [1.54, 1.807) is 32.4 Å². The van der Waals surface area contributed by atoms with E-state index < -0.39 is 0 Å². The van der Waals surface area contributed by atoms with Crippen molar-refractivity contribution in [2.45, 2.75) is 13.3 Å². The van der Waals surface area contributed by atoms with E-state index in [1.165, 1.54) is 4.68 Å². The largest absolute Gasteiger partial charge is 0.497 e. The van der Waals surface area contributed by atoms with Gasteiger partial charge in [-0.1, -0.05) is 6.92 Å². The minimum Gasteiger partial charge on any atom is -0.497 e. The number of anilines is 2. The fraction of sp³-hybridized carbons (Fsp3) is 0.286. The van der Waals surface area contributed by atoms with Gasteiger partial charge in [-0.25, -0.2) is 0 Å². The lowest BCUT2D eigenvalue weighted by Crippen LogP contribution is -2.18. The Hall–Kier alpha value is -2.02. The number of carbonyl (C=O) groups is 1. The summed E-state index contributed by atoms with van der Waals surface area (Å²) in [5, 5.41) is 7.06. The third kappa shape index (κ3) is 3.02. The second kappa shape index (κ2) is 6.17. The van der Waals surface area contributed by atoms with Gasteiger partial charge in [0, 0.05) is 17.6 Å². The zero-order valence-corrected chi connectivity index (χ0v) is 13.7. The number of nitrogens with zero attached hydrogens (tertiary/aromatic N) is 2. The van der Waals surface area contributed by atoms with Crippen LogP contribution in [0.25, 0.3) is 0 Å². The molecule has 0 aliphatic carbocycles. The van der Waals surface area contributed by atoms with Gasteiger partial charge in [0.25, 0.3) is 5.91 Å². The summed E-state index contributed by atoms with van der Waals surface area (Å²) in [6, 6.07) is 5.33. The number of methoxy groups -OCH3 is 1. The summed E-state index contributed by atoms with van der Waals surface area (Å²) >= 11 is 3.39. The number of nitrogens with one attached hydrogen (secondary N) is 1. The molecule has 0 bridgehead atoms. The second-order valence-electron chi connectivity index (χ2n) is 4.49. The molecule has 0 aliphatic heterocycles. The van der Waals surface area contributed by atoms with E-state index in [0.717, 1.165) is 4.47 Å². The first-order chi connectivity index (χ1) is 9.97. The van der Waals surface area contributed by atoms with Crippen LogP contribution < -0.4 is 15.8 Å². The summed E-state index contributed by atoms with van der Waals surface area (Å²) in [6.45, 7) is 1.94. The van der Waals surface area contributed by atoms with Crippen LogP contribution in [0.1, 0.15) is 23.1 Å². The summed E-state index contributed by atoms with van der Waals surface area (Å²) in [6.07, 6.45) is 0.676. The molecule has 0 saturated heterocycles. The van der Waals surface area contributed by atoms with E-state index in [2.05, 4.69) is 26.3 Å². The van der Waals surface area contributed by atoms with E-state index >= 15 is 0 Å². The quantitative estimate of drug-likeness (QED) is 0.885. The number of ether oxygens (including phenoxy) is 1. The lowest BCUT2D eigenvalue weighted by Gasteiger charge is -2.10. The number of carbonyl (C=O) groups excluding carboxylic acids is 1. The molecule has 1 heterocycles. The van der Waals surface area contributed by atoms with Crippen LogP contribution in [0.15, 0.2) is 22.7 Å². The minimum absolute atomic E-state index is 0.309. The molecule has 3 N–H and O–H groups in total. The highest BCUT2D eigenvalue weighted by Gasteiger charge is 2.20. The third-order valence-electron chi connectivity index (χ3n) is 3.13. The summed E-state index contributed by atoms with van der Waals surface area (Å²) in [7, 11) is 3.27. The van der Waals surface area contributed by atoms with Crippen molar-refractivity contribution in [3.05, 3.63) is 34.1 Å². The first-order valence-electron chi connectivity index (χ1n) is 6.44. The lowest BCUT2D eigenvalue weighted by molar-refractivity contribution is 0.101. The molecule has 1 aromatic carbocycles. The maximum Gasteiger partial charge on any atom is 0.276 e. The van der Waals surface area contributed by atoms with Gasteiger partial charge in [-0.3, -0.25) is 9.48 Å². The van der Waals surface area contributed by atoms with Crippen LogP contribution in [0.4, 0.5) is 11.4 Å². The fourth-order valence-corrected chi connectivity index (χ4v) is 2.38. The molecular weight excluding hydrogens is 336 g/mol. The third-order valence-corrected chi connectivity index (χ3v) is 3.82. The van der Waals surface area contributed by atoms with Gasteiger partial charge in [-0.2, -0.15) is 5.10 Å². The highest BCUT2D eigenvalue weighted by atomic mass is 79.9. The highest BCUT2D eigenvalue weighted by molar-refractivity contribution is 9.10. The summed E-state index contributed by atoms with van der Waals surface area (Å²) in [5.41, 5.74) is 8.07. The van der Waals surface area contributed by atoms with Crippen LogP contribution in [-0.4, -0.2) is 22.8 Å². The van der Waals surface area contributed by atoms with Crippen molar-refractivity contribution in [1.29, 1.82) is 0 Å². The first-order valence-corrected chi connectivity index (χ1v) is 7.23. The lowest BCUT2D eigenvalue weighted by atomic mass is 10.2. The standard InChI is InChI=1S/C14H17BrN4O2/c1-4-10-12(16)13(19(2)18-10)14(20)17-11-7-8(21-3)5-6-9(11)15/h5-7H,4,16H2,1-3H3,(H,17,20). The number of hydrogen-bond donors (Lipinski definition) is 2. The molecular formula is C14H17BrN4O2. The van der Waals surface area contributed by atoms with E-state index in [4.69, 9.17) is 10.5 Å². The highest BCUT2D eigenvalue weighted by Crippen LogP contribution is 2.28. The fourth-order valence-electron chi connectivity index (χ4n) is 2.04. The molecule has 21 heavy (non-hydrogen) atoms. The van der Waals surface area contributed by atoms with Crippen molar-refractivity contribution in [2.75, 3.05) is 18.2 Å². The zero-order chi connectivity index (χ0) is 15.6. The topological polar surface area (TPSA) is 82.2 Å². The van der Waals surface area contributed by atoms with Gasteiger partial charge in [0.1, 0.15) is 11.4 Å². The minimum atomic E-state index is -0.309. The van der Waals surface area contributed by atoms with Gasteiger partial charge in [0.15, 0.2) is 0 Å². The Kier molecular flexibility index (Phi) is 4.52. The van der Waals surface area contributed by atoms with Crippen LogP contribution in [-0.2, 0) is 13.5 Å². The van der Waals surface area contributed by atoms with Crippen LogP contribution in [0.3, 0.4) is 0 Å². The molecule has 1 amide bonds. The van der Waals surface area contributed by atoms with Gasteiger partial charge in [-0.15, -0.1) is 0 Å². The molecule has 0 aliphatic rings. The number of nitrogens with two attached hydrogens (primary N) is 1. The molecule has 1 aromatic heterocycles. The van der Waals surface area contributed by atoms with Crippen molar-refractivity contribution in [3.8, 4) is 5.75 Å². The smallest absolute Gasteiger partial charge is 0.276 e. The molecule has 6 nitrogen and oxygen atoms in total. The first kappa shape index (κ1) is 15.4. The molecule has 0 atom stereocenters. The van der Waals surface area contributed by atoms with Crippen molar-refractivity contribution < 1.29 is 9.53 Å². The predicted octanol–water partition coefficient (Wildman–Crippen LogP) is 2.59. The predicted molar refractivity (Wildman–Crippen MR) is 85.6 cm³/mol. The van der Waals surface area contributed by atoms with Gasteiger partial charge in [-0.05, 0) is 34.5 Å². The van der Waals surface area contributed by atoms with Crippen molar-refractivity contribution in [1.82, 2.24) is 9.78 Å². The van der Waals surface area contributed by atoms with Crippen LogP contribution >= 0.6 is 15.9 Å². The van der Waals surface area contributed by atoms with Crippen molar-refractivity contribution in [3.63, 3.8) is 0 Å². The van der Waals surface area contributed by atoms with E-state index in [0.29, 0.717) is 34.9 Å². The van der Waals surface area contributed by atoms with E-state index in [1.807, 2.05) is 6.92 Å². The Labute approximate surface area is 131 Å². The Balaban J connectivity index is 2.32. The number of benzene rings is 1. The van der Waals surface area contributed by atoms with Gasteiger partial charge in [0.2, 0.25) is 0 Å². The Morgan fingerprint density at radius 2 is 2.24 bits per heavy atom. The van der Waals surface area contributed by atoms with Crippen LogP contribution in [0.2, 0.25) is 0 Å². The average molecular weight is 353 g/mol. The molecule has 0 unspecified atom stereocenters. The van der Waals surface area contributed by atoms with Crippen LogP contribution in [0.5, 0.6) is 5.75 Å². The summed E-state index contributed by atoms with van der Waals surface area (Å²) in [5.74, 6) is 0.344. The molecule has 2 aromatic rings. The number of hydrogen-bond acceptors (Lipinski definition) is 4. The molecule has 112 valence electrons. The van der Waals surface area contributed by atoms with E-state index in [9.17, 15) is 4.79 Å². The Bertz CT molecular complexity index is 682. The molecule has 0 spiro atoms. The van der Waals surface area contributed by atoms with Gasteiger partial charge < -0.3 is 15.8 Å². The summed E-state index contributed by atoms with van der Waals surface area (Å²) in [4.78, 5) is 12.4. The summed E-state index contributed by atoms with van der Waals surface area (Å²) < 4.78 is 7.41. The number of aryl methyl sites for hydroxylation is 2. The van der Waals surface area contributed by atoms with Crippen molar-refractivity contribution in [2.24, 2.45) is 7.05 Å². The number of aromatic nitrogens is 2. The molecule has 0 saturated carbocycles. The average Bonchev–Trinajstić information content (AvgIpc) is 2.75. The maximum absolute atomic E-state index is 12.4. The molecule has 0 fully saturated rings. The number of nitrogen functional groups attached to an aromatic ring is 1. The Morgan fingerprint density at radius 3 is 2.81 bits per heavy atom. The Morgan fingerprint density at radius 1 is 1.52 bits per heavy atom. The molecule has 7 heteroatoms. The number of rotatable bonds is 4. The molecule has 2 rings (SSSR count). The van der Waals surface area contributed by atoms with Crippen LogP contribution in [0, 0.1) is 0 Å². The van der Waals surface area contributed by atoms with Gasteiger partial charge >= 0.3 is 0 Å². The van der Waals surface area contributed by atoms with Gasteiger partial charge in [0.05, 0.1) is 24.2 Å². The number of amides is 1. The SMILES string of the molecule is CCc1nn(C)c(C(=O)Nc2cc(OC)ccc2Br)c1N. The second-order valence-corrected chi connectivity index (χ2v) is 5.34. The van der Waals surface area contributed by atoms with E-state index in [-0.39, 0.29) is 5.91 Å². The normalized spacial score (nSPS) is 10.5. The van der Waals surface area contributed by atoms with Crippen molar-refractivity contribution >= 4 is 33.2 Å².